The fourth-order valence-corrected chi connectivity index (χ4v) is 3.19. The molecule has 0 bridgehead atoms. The van der Waals surface area contributed by atoms with E-state index >= 15 is 0 Å². The number of benzene rings is 1. The molecule has 0 aromatic heterocycles. The Bertz CT molecular complexity index is 534. The number of rotatable bonds is 3. The summed E-state index contributed by atoms with van der Waals surface area (Å²) in [6.45, 7) is 0. The van der Waals surface area contributed by atoms with Gasteiger partial charge in [0.2, 0.25) is 5.96 Å². The molecule has 1 aliphatic carbocycles. The number of aliphatic imine (C=N–C) groups is 1. The quantitative estimate of drug-likeness (QED) is 0.652. The second-order valence-electron chi connectivity index (χ2n) is 4.72. The Morgan fingerprint density at radius 2 is 1.79 bits per heavy atom. The monoisotopic (exact) mass is 281 g/mol. The predicted molar refractivity (Wildman–Crippen MR) is 75.3 cm³/mol. The summed E-state index contributed by atoms with van der Waals surface area (Å²) in [4.78, 5) is 4.44. The van der Waals surface area contributed by atoms with Gasteiger partial charge in [-0.25, -0.2) is 18.1 Å². The van der Waals surface area contributed by atoms with Gasteiger partial charge in [0.25, 0.3) is 10.0 Å². The largest absolute Gasteiger partial charge is 0.369 e. The average molecular weight is 281 g/mol. The second kappa shape index (κ2) is 6.06. The zero-order valence-electron chi connectivity index (χ0n) is 10.7. The van der Waals surface area contributed by atoms with Crippen LogP contribution >= 0.6 is 0 Å². The van der Waals surface area contributed by atoms with Gasteiger partial charge in [0.1, 0.15) is 0 Å². The summed E-state index contributed by atoms with van der Waals surface area (Å²) >= 11 is 0. The number of nitrogens with one attached hydrogen (secondary N) is 1. The lowest BCUT2D eigenvalue weighted by Crippen LogP contribution is -2.38. The number of guanidine groups is 1. The molecule has 1 aromatic rings. The van der Waals surface area contributed by atoms with Gasteiger partial charge >= 0.3 is 0 Å². The van der Waals surface area contributed by atoms with Crippen LogP contribution in [-0.2, 0) is 10.0 Å². The smallest absolute Gasteiger partial charge is 0.264 e. The van der Waals surface area contributed by atoms with Crippen LogP contribution in [0, 0.1) is 0 Å². The fourth-order valence-electron chi connectivity index (χ4n) is 2.23. The molecule has 0 saturated heterocycles. The topological polar surface area (TPSA) is 84.5 Å². The first-order chi connectivity index (χ1) is 9.08. The van der Waals surface area contributed by atoms with E-state index < -0.39 is 10.0 Å². The Hall–Kier alpha value is -1.56. The molecule has 1 fully saturated rings. The normalized spacial score (nSPS) is 18.2. The summed E-state index contributed by atoms with van der Waals surface area (Å²) in [5, 5.41) is 0. The van der Waals surface area contributed by atoms with Crippen molar-refractivity contribution in [2.24, 2.45) is 10.7 Å². The van der Waals surface area contributed by atoms with E-state index in [1.165, 1.54) is 18.6 Å². The van der Waals surface area contributed by atoms with Gasteiger partial charge in [-0.3, -0.25) is 0 Å². The zero-order chi connectivity index (χ0) is 13.7. The highest BCUT2D eigenvalue weighted by atomic mass is 32.2. The van der Waals surface area contributed by atoms with Gasteiger partial charge in [0.15, 0.2) is 0 Å². The summed E-state index contributed by atoms with van der Waals surface area (Å²) in [5.74, 6) is -0.0178. The van der Waals surface area contributed by atoms with Crippen molar-refractivity contribution in [3.8, 4) is 0 Å². The highest BCUT2D eigenvalue weighted by Gasteiger charge is 2.16. The van der Waals surface area contributed by atoms with Gasteiger partial charge in [0, 0.05) is 0 Å². The van der Waals surface area contributed by atoms with Crippen molar-refractivity contribution in [3.63, 3.8) is 0 Å². The molecular weight excluding hydrogens is 262 g/mol. The molecule has 0 aliphatic heterocycles. The zero-order valence-corrected chi connectivity index (χ0v) is 11.6. The summed E-state index contributed by atoms with van der Waals surface area (Å²) in [5.41, 5.74) is 5.69. The van der Waals surface area contributed by atoms with E-state index in [4.69, 9.17) is 5.73 Å². The number of sulfonamides is 1. The Balaban J connectivity index is 2.05. The van der Waals surface area contributed by atoms with Gasteiger partial charge in [0.05, 0.1) is 10.9 Å². The molecular formula is C13H19N3O2S. The first-order valence-corrected chi connectivity index (χ1v) is 7.97. The molecule has 0 spiro atoms. The van der Waals surface area contributed by atoms with E-state index in [9.17, 15) is 8.42 Å². The molecule has 0 unspecified atom stereocenters. The van der Waals surface area contributed by atoms with Crippen LogP contribution in [0.1, 0.15) is 32.1 Å². The number of nitrogens with two attached hydrogens (primary N) is 1. The van der Waals surface area contributed by atoms with E-state index in [0.29, 0.717) is 0 Å². The van der Waals surface area contributed by atoms with Crippen LogP contribution in [0.2, 0.25) is 0 Å². The Morgan fingerprint density at radius 1 is 1.16 bits per heavy atom. The van der Waals surface area contributed by atoms with Crippen LogP contribution in [0.15, 0.2) is 40.2 Å². The molecule has 104 valence electrons. The molecule has 1 aromatic carbocycles. The summed E-state index contributed by atoms with van der Waals surface area (Å²) < 4.78 is 26.3. The lowest BCUT2D eigenvalue weighted by atomic mass is 9.96. The SMILES string of the molecule is NC(=NC1CCCCC1)NS(=O)(=O)c1ccccc1. The van der Waals surface area contributed by atoms with Gasteiger partial charge in [-0.2, -0.15) is 0 Å². The third kappa shape index (κ3) is 3.96. The molecule has 0 amide bonds. The van der Waals surface area contributed by atoms with Crippen molar-refractivity contribution in [1.29, 1.82) is 0 Å². The molecule has 0 radical (unpaired) electrons. The molecule has 2 rings (SSSR count). The van der Waals surface area contributed by atoms with Crippen molar-refractivity contribution < 1.29 is 8.42 Å². The van der Waals surface area contributed by atoms with Crippen LogP contribution in [0.4, 0.5) is 0 Å². The number of hydrogen-bond donors (Lipinski definition) is 2. The Labute approximate surface area is 114 Å². The molecule has 3 N–H and O–H groups in total. The van der Waals surface area contributed by atoms with E-state index in [0.717, 1.165) is 25.7 Å². The Kier molecular flexibility index (Phi) is 4.42. The minimum Gasteiger partial charge on any atom is -0.369 e. The maximum absolute atomic E-state index is 12.0. The third-order valence-corrected chi connectivity index (χ3v) is 4.56. The highest BCUT2D eigenvalue weighted by Crippen LogP contribution is 2.20. The standard InChI is InChI=1S/C13H19N3O2S/c14-13(15-11-7-3-1-4-8-11)16-19(17,18)12-9-5-2-6-10-12/h2,5-6,9-11H,1,3-4,7-8H2,(H3,14,15,16). The summed E-state index contributed by atoms with van der Waals surface area (Å²) in [7, 11) is -3.62. The minimum atomic E-state index is -3.62. The number of hydrogen-bond acceptors (Lipinski definition) is 3. The first kappa shape index (κ1) is 13.9. The van der Waals surface area contributed by atoms with Gasteiger partial charge in [-0.05, 0) is 25.0 Å². The average Bonchev–Trinajstić information content (AvgIpc) is 2.40. The van der Waals surface area contributed by atoms with E-state index in [1.54, 1.807) is 18.2 Å². The van der Waals surface area contributed by atoms with Crippen LogP contribution in [0.3, 0.4) is 0 Å². The molecule has 1 aliphatic rings. The van der Waals surface area contributed by atoms with Crippen LogP contribution in [-0.4, -0.2) is 20.4 Å². The molecule has 6 heteroatoms. The molecule has 0 heterocycles. The van der Waals surface area contributed by atoms with Crippen LogP contribution in [0.5, 0.6) is 0 Å². The summed E-state index contributed by atoms with van der Waals surface area (Å²) in [6.07, 6.45) is 5.45. The van der Waals surface area contributed by atoms with Crippen molar-refractivity contribution in [2.45, 2.75) is 43.0 Å². The van der Waals surface area contributed by atoms with Crippen LogP contribution < -0.4 is 10.5 Å². The van der Waals surface area contributed by atoms with E-state index in [1.807, 2.05) is 0 Å². The lowest BCUT2D eigenvalue weighted by molar-refractivity contribution is 0.442. The van der Waals surface area contributed by atoms with Crippen molar-refractivity contribution in [2.75, 3.05) is 0 Å². The maximum atomic E-state index is 12.0. The predicted octanol–water partition coefficient (Wildman–Crippen LogP) is 1.61. The fraction of sp³-hybridized carbons (Fsp3) is 0.462. The maximum Gasteiger partial charge on any atom is 0.264 e. The lowest BCUT2D eigenvalue weighted by Gasteiger charge is -2.18. The number of nitrogens with zero attached hydrogens (tertiary/aromatic N) is 1. The van der Waals surface area contributed by atoms with Crippen molar-refractivity contribution >= 4 is 16.0 Å². The molecule has 1 saturated carbocycles. The minimum absolute atomic E-state index is 0.0178. The molecule has 0 atom stereocenters. The highest BCUT2D eigenvalue weighted by molar-refractivity contribution is 7.90. The van der Waals surface area contributed by atoms with Gasteiger partial charge in [-0.1, -0.05) is 37.5 Å². The van der Waals surface area contributed by atoms with E-state index in [-0.39, 0.29) is 16.9 Å². The second-order valence-corrected chi connectivity index (χ2v) is 6.41. The van der Waals surface area contributed by atoms with Gasteiger partial charge in [-0.15, -0.1) is 0 Å². The van der Waals surface area contributed by atoms with Gasteiger partial charge < -0.3 is 5.73 Å². The first-order valence-electron chi connectivity index (χ1n) is 6.49. The van der Waals surface area contributed by atoms with Crippen molar-refractivity contribution in [1.82, 2.24) is 4.72 Å². The van der Waals surface area contributed by atoms with Crippen molar-refractivity contribution in [3.05, 3.63) is 30.3 Å². The van der Waals surface area contributed by atoms with Crippen LogP contribution in [0.25, 0.3) is 0 Å². The summed E-state index contributed by atoms with van der Waals surface area (Å²) in [6, 6.07) is 8.30. The molecule has 19 heavy (non-hydrogen) atoms. The van der Waals surface area contributed by atoms with E-state index in [2.05, 4.69) is 9.71 Å². The molecule has 5 nitrogen and oxygen atoms in total. The third-order valence-electron chi connectivity index (χ3n) is 3.19. The Morgan fingerprint density at radius 3 is 2.42 bits per heavy atom.